The van der Waals surface area contributed by atoms with Crippen LogP contribution in [0.4, 0.5) is 0 Å². The fourth-order valence-corrected chi connectivity index (χ4v) is 2.25. The van der Waals surface area contributed by atoms with Crippen molar-refractivity contribution >= 4 is 27.5 Å². The van der Waals surface area contributed by atoms with Crippen LogP contribution >= 0.6 is 27.5 Å². The Balaban J connectivity index is 2.57. The van der Waals surface area contributed by atoms with Gasteiger partial charge in [-0.15, -0.1) is 0 Å². The van der Waals surface area contributed by atoms with Crippen molar-refractivity contribution in [3.8, 4) is 23.1 Å². The zero-order valence-electron chi connectivity index (χ0n) is 9.45. The maximum Gasteiger partial charge on any atom is 0.147 e. The Kier molecular flexibility index (Phi) is 3.85. The number of pyridine rings is 1. The average Bonchev–Trinajstić information content (AvgIpc) is 2.41. The van der Waals surface area contributed by atoms with Crippen molar-refractivity contribution < 1.29 is 4.74 Å². The highest BCUT2D eigenvalue weighted by Gasteiger charge is 2.11. The third-order valence-corrected chi connectivity index (χ3v) is 3.29. The van der Waals surface area contributed by atoms with Crippen molar-refractivity contribution in [3.05, 3.63) is 45.5 Å². The predicted octanol–water partition coefficient (Wildman–Crippen LogP) is 4.04. The van der Waals surface area contributed by atoms with Gasteiger partial charge in [0.15, 0.2) is 0 Å². The van der Waals surface area contributed by atoms with Gasteiger partial charge in [-0.05, 0) is 34.1 Å². The van der Waals surface area contributed by atoms with Crippen LogP contribution in [0.25, 0.3) is 11.3 Å². The number of halogens is 2. The molecule has 2 rings (SSSR count). The second kappa shape index (κ2) is 5.38. The average molecular weight is 324 g/mol. The third kappa shape index (κ3) is 2.47. The Morgan fingerprint density at radius 3 is 2.83 bits per heavy atom. The molecule has 0 fully saturated rings. The number of hydrogen-bond acceptors (Lipinski definition) is 3. The van der Waals surface area contributed by atoms with E-state index in [9.17, 15) is 0 Å². The first kappa shape index (κ1) is 12.9. The van der Waals surface area contributed by atoms with Crippen LogP contribution in [0.2, 0.25) is 5.15 Å². The molecule has 0 spiro atoms. The van der Waals surface area contributed by atoms with Crippen LogP contribution in [-0.2, 0) is 0 Å². The maximum absolute atomic E-state index is 8.87. The normalized spacial score (nSPS) is 9.89. The van der Waals surface area contributed by atoms with Gasteiger partial charge in [-0.25, -0.2) is 4.98 Å². The summed E-state index contributed by atoms with van der Waals surface area (Å²) in [7, 11) is 1.60. The van der Waals surface area contributed by atoms with Crippen LogP contribution in [0.5, 0.6) is 5.75 Å². The van der Waals surface area contributed by atoms with Gasteiger partial charge in [0.05, 0.1) is 18.4 Å². The standard InChI is InChI=1S/C13H8BrClN2O/c1-18-10-4-2-3-8(5-10)12-11(14)6-9(7-16)13(15)17-12/h2-6H,1H3. The van der Waals surface area contributed by atoms with Crippen LogP contribution < -0.4 is 4.74 Å². The molecule has 0 N–H and O–H groups in total. The summed E-state index contributed by atoms with van der Waals surface area (Å²) in [5, 5.41) is 9.06. The Labute approximate surface area is 118 Å². The molecule has 0 saturated carbocycles. The number of rotatable bonds is 2. The van der Waals surface area contributed by atoms with E-state index in [1.807, 2.05) is 30.3 Å². The number of hydrogen-bond donors (Lipinski definition) is 0. The van der Waals surface area contributed by atoms with Gasteiger partial charge >= 0.3 is 0 Å². The smallest absolute Gasteiger partial charge is 0.147 e. The molecule has 1 aromatic carbocycles. The Hall–Kier alpha value is -1.57. The first-order valence-corrected chi connectivity index (χ1v) is 6.23. The molecule has 18 heavy (non-hydrogen) atoms. The molecule has 0 amide bonds. The van der Waals surface area contributed by atoms with Crippen LogP contribution in [-0.4, -0.2) is 12.1 Å². The van der Waals surface area contributed by atoms with Crippen molar-refractivity contribution in [2.24, 2.45) is 0 Å². The van der Waals surface area contributed by atoms with E-state index in [1.165, 1.54) is 0 Å². The molecule has 3 nitrogen and oxygen atoms in total. The van der Waals surface area contributed by atoms with Gasteiger partial charge in [0, 0.05) is 10.0 Å². The molecule has 0 unspecified atom stereocenters. The molecule has 5 heteroatoms. The summed E-state index contributed by atoms with van der Waals surface area (Å²) in [5.41, 5.74) is 1.89. The lowest BCUT2D eigenvalue weighted by Gasteiger charge is -2.07. The molecule has 1 aromatic heterocycles. The van der Waals surface area contributed by atoms with Crippen LogP contribution in [0, 0.1) is 11.3 Å². The highest BCUT2D eigenvalue weighted by molar-refractivity contribution is 9.10. The van der Waals surface area contributed by atoms with Gasteiger partial charge in [-0.1, -0.05) is 23.7 Å². The lowest BCUT2D eigenvalue weighted by Crippen LogP contribution is -1.91. The van der Waals surface area contributed by atoms with Gasteiger partial charge < -0.3 is 4.74 Å². The minimum Gasteiger partial charge on any atom is -0.497 e. The molecule has 0 saturated heterocycles. The summed E-state index contributed by atoms with van der Waals surface area (Å²) in [6, 6.07) is 11.1. The van der Waals surface area contributed by atoms with Crippen molar-refractivity contribution in [2.75, 3.05) is 7.11 Å². The van der Waals surface area contributed by atoms with Crippen molar-refractivity contribution in [2.45, 2.75) is 0 Å². The quantitative estimate of drug-likeness (QED) is 0.783. The minimum atomic E-state index is 0.193. The van der Waals surface area contributed by atoms with Gasteiger partial charge in [-0.2, -0.15) is 5.26 Å². The van der Waals surface area contributed by atoms with E-state index in [1.54, 1.807) is 13.2 Å². The summed E-state index contributed by atoms with van der Waals surface area (Å²) < 4.78 is 5.88. The lowest BCUT2D eigenvalue weighted by molar-refractivity contribution is 0.415. The largest absolute Gasteiger partial charge is 0.497 e. The summed E-state index contributed by atoms with van der Waals surface area (Å²) in [4.78, 5) is 4.23. The Morgan fingerprint density at radius 1 is 1.39 bits per heavy atom. The number of nitriles is 1. The Bertz CT molecular complexity index is 637. The molecule has 90 valence electrons. The zero-order chi connectivity index (χ0) is 13.1. The van der Waals surface area contributed by atoms with Gasteiger partial charge in [0.1, 0.15) is 17.0 Å². The monoisotopic (exact) mass is 322 g/mol. The second-order valence-corrected chi connectivity index (χ2v) is 4.71. The molecule has 0 aliphatic rings. The fourth-order valence-electron chi connectivity index (χ4n) is 1.52. The third-order valence-electron chi connectivity index (χ3n) is 2.39. The van der Waals surface area contributed by atoms with E-state index < -0.39 is 0 Å². The van der Waals surface area contributed by atoms with E-state index in [0.29, 0.717) is 11.3 Å². The highest BCUT2D eigenvalue weighted by atomic mass is 79.9. The van der Waals surface area contributed by atoms with Crippen molar-refractivity contribution in [3.63, 3.8) is 0 Å². The van der Waals surface area contributed by atoms with Crippen LogP contribution in [0.15, 0.2) is 34.8 Å². The van der Waals surface area contributed by atoms with E-state index in [0.717, 1.165) is 15.8 Å². The SMILES string of the molecule is COc1cccc(-c2nc(Cl)c(C#N)cc2Br)c1. The van der Waals surface area contributed by atoms with Gasteiger partial charge in [0.2, 0.25) is 0 Å². The molecular formula is C13H8BrClN2O. The summed E-state index contributed by atoms with van der Waals surface area (Å²) in [6.07, 6.45) is 0. The van der Waals surface area contributed by atoms with E-state index in [-0.39, 0.29) is 5.15 Å². The topological polar surface area (TPSA) is 45.9 Å². The molecule has 0 bridgehead atoms. The number of benzene rings is 1. The molecular weight excluding hydrogens is 316 g/mol. The molecule has 2 aromatic rings. The molecule has 0 aliphatic carbocycles. The first-order valence-electron chi connectivity index (χ1n) is 5.06. The van der Waals surface area contributed by atoms with E-state index in [4.69, 9.17) is 21.6 Å². The number of aromatic nitrogens is 1. The van der Waals surface area contributed by atoms with E-state index >= 15 is 0 Å². The van der Waals surface area contributed by atoms with Crippen LogP contribution in [0.3, 0.4) is 0 Å². The Morgan fingerprint density at radius 2 is 2.17 bits per heavy atom. The van der Waals surface area contributed by atoms with Gasteiger partial charge in [-0.3, -0.25) is 0 Å². The second-order valence-electron chi connectivity index (χ2n) is 3.50. The van der Waals surface area contributed by atoms with E-state index in [2.05, 4.69) is 20.9 Å². The van der Waals surface area contributed by atoms with Crippen molar-refractivity contribution in [1.82, 2.24) is 4.98 Å². The molecule has 0 aliphatic heterocycles. The highest BCUT2D eigenvalue weighted by Crippen LogP contribution is 2.31. The molecule has 0 radical (unpaired) electrons. The first-order chi connectivity index (χ1) is 8.65. The molecule has 0 atom stereocenters. The van der Waals surface area contributed by atoms with Crippen LogP contribution in [0.1, 0.15) is 5.56 Å². The fraction of sp³-hybridized carbons (Fsp3) is 0.0769. The van der Waals surface area contributed by atoms with Crippen molar-refractivity contribution in [1.29, 1.82) is 5.26 Å². The number of nitrogens with zero attached hydrogens (tertiary/aromatic N) is 2. The lowest BCUT2D eigenvalue weighted by atomic mass is 10.1. The maximum atomic E-state index is 8.87. The number of methoxy groups -OCH3 is 1. The predicted molar refractivity (Wildman–Crippen MR) is 73.7 cm³/mol. The summed E-state index contributed by atoms with van der Waals surface area (Å²) >= 11 is 9.33. The molecule has 1 heterocycles. The summed E-state index contributed by atoms with van der Waals surface area (Å²) in [5.74, 6) is 0.738. The van der Waals surface area contributed by atoms with Gasteiger partial charge in [0.25, 0.3) is 0 Å². The zero-order valence-corrected chi connectivity index (χ0v) is 11.8. The minimum absolute atomic E-state index is 0.193. The summed E-state index contributed by atoms with van der Waals surface area (Å²) in [6.45, 7) is 0. The number of ether oxygens (including phenoxy) is 1.